The van der Waals surface area contributed by atoms with E-state index in [0.29, 0.717) is 5.69 Å². The average molecular weight is 306 g/mol. The third-order valence-electron chi connectivity index (χ3n) is 4.30. The molecule has 1 amide bonds. The first kappa shape index (κ1) is 16.5. The van der Waals surface area contributed by atoms with Gasteiger partial charge in [-0.1, -0.05) is 6.07 Å². The van der Waals surface area contributed by atoms with E-state index in [1.807, 2.05) is 32.0 Å². The molecule has 0 bridgehead atoms. The number of hydrogen-bond acceptors (Lipinski definition) is 3. The summed E-state index contributed by atoms with van der Waals surface area (Å²) in [5.74, 6) is -1.42. The van der Waals surface area contributed by atoms with Crippen LogP contribution in [0.1, 0.15) is 17.5 Å². The van der Waals surface area contributed by atoms with Crippen molar-refractivity contribution in [1.29, 1.82) is 0 Å². The molecule has 6 nitrogen and oxygen atoms in total. The third kappa shape index (κ3) is 4.29. The van der Waals surface area contributed by atoms with Gasteiger partial charge in [-0.2, -0.15) is 0 Å². The molecule has 1 aromatic carbocycles. The first-order chi connectivity index (χ1) is 10.5. The molecule has 120 valence electrons. The number of carbonyl (C=O) groups excluding carboxylic acids is 2. The Bertz CT molecular complexity index is 554. The second-order valence-electron chi connectivity index (χ2n) is 5.95. The Morgan fingerprint density at radius 1 is 1.27 bits per heavy atom. The van der Waals surface area contributed by atoms with Crippen LogP contribution in [0.2, 0.25) is 0 Å². The summed E-state index contributed by atoms with van der Waals surface area (Å²) in [6.07, 6.45) is -0.0510. The van der Waals surface area contributed by atoms with Gasteiger partial charge in [0.25, 0.3) is 0 Å². The predicted molar refractivity (Wildman–Crippen MR) is 80.3 cm³/mol. The standard InChI is InChI=1S/C16H23N3O3/c1-11-3-4-13(9-12(11)2)18-15(20)10-14(16(21)22)19-7-5-17-6-8-19/h3-4,9,14,17H,5-8,10H2,1-2H3,(H,18,20)(H,21,22)/p+1/t14-/m1/s1. The number of quaternary nitrogens is 2. The lowest BCUT2D eigenvalue weighted by Gasteiger charge is -2.30. The zero-order valence-corrected chi connectivity index (χ0v) is 13.1. The SMILES string of the molecule is Cc1ccc(NC(=O)C[C@H](C(=O)[O-])[NH+]2CC[NH2+]CC2)cc1C. The molecule has 6 heteroatoms. The lowest BCUT2D eigenvalue weighted by Crippen LogP contribution is -3.24. The van der Waals surface area contributed by atoms with E-state index in [4.69, 9.17) is 0 Å². The van der Waals surface area contributed by atoms with E-state index in [0.717, 1.165) is 42.2 Å². The first-order valence-corrected chi connectivity index (χ1v) is 7.71. The molecule has 0 saturated carbocycles. The average Bonchev–Trinajstić information content (AvgIpc) is 2.49. The maximum Gasteiger partial charge on any atom is 0.230 e. The fourth-order valence-electron chi connectivity index (χ4n) is 2.80. The molecule has 1 atom stereocenters. The van der Waals surface area contributed by atoms with E-state index < -0.39 is 12.0 Å². The number of carboxylic acid groups (broad SMARTS) is 1. The Labute approximate surface area is 130 Å². The fraction of sp³-hybridized carbons (Fsp3) is 0.500. The number of anilines is 1. The van der Waals surface area contributed by atoms with Gasteiger partial charge in [0.2, 0.25) is 5.91 Å². The quantitative estimate of drug-likeness (QED) is 0.549. The minimum absolute atomic E-state index is 0.0510. The van der Waals surface area contributed by atoms with Crippen molar-refractivity contribution in [3.63, 3.8) is 0 Å². The van der Waals surface area contributed by atoms with Crippen LogP contribution in [-0.2, 0) is 9.59 Å². The van der Waals surface area contributed by atoms with Gasteiger partial charge in [-0.15, -0.1) is 0 Å². The Hall–Kier alpha value is -1.92. The fourth-order valence-corrected chi connectivity index (χ4v) is 2.80. The summed E-state index contributed by atoms with van der Waals surface area (Å²) in [6, 6.07) is 4.88. The van der Waals surface area contributed by atoms with Crippen molar-refractivity contribution >= 4 is 17.6 Å². The van der Waals surface area contributed by atoms with Gasteiger partial charge in [0, 0.05) is 5.69 Å². The van der Waals surface area contributed by atoms with Gasteiger partial charge in [-0.3, -0.25) is 4.79 Å². The number of aliphatic carboxylic acids is 1. The zero-order chi connectivity index (χ0) is 16.1. The molecule has 0 unspecified atom stereocenters. The first-order valence-electron chi connectivity index (χ1n) is 7.71. The van der Waals surface area contributed by atoms with Gasteiger partial charge in [-0.25, -0.2) is 0 Å². The highest BCUT2D eigenvalue weighted by Gasteiger charge is 2.29. The highest BCUT2D eigenvalue weighted by Crippen LogP contribution is 2.14. The number of amides is 1. The minimum Gasteiger partial charge on any atom is -0.544 e. The highest BCUT2D eigenvalue weighted by atomic mass is 16.4. The van der Waals surface area contributed by atoms with Crippen molar-refractivity contribution in [3.05, 3.63) is 29.3 Å². The van der Waals surface area contributed by atoms with Crippen LogP contribution in [0.3, 0.4) is 0 Å². The smallest absolute Gasteiger partial charge is 0.230 e. The van der Waals surface area contributed by atoms with E-state index in [1.165, 1.54) is 0 Å². The number of carbonyl (C=O) groups is 2. The van der Waals surface area contributed by atoms with E-state index in [1.54, 1.807) is 0 Å². The van der Waals surface area contributed by atoms with Gasteiger partial charge in [0.05, 0.1) is 12.4 Å². The Kier molecular flexibility index (Phi) is 5.51. The number of aryl methyl sites for hydroxylation is 2. The summed E-state index contributed by atoms with van der Waals surface area (Å²) < 4.78 is 0. The molecule has 4 N–H and O–H groups in total. The summed E-state index contributed by atoms with van der Waals surface area (Å²) in [5, 5.41) is 16.3. The van der Waals surface area contributed by atoms with Gasteiger partial charge in [-0.05, 0) is 37.1 Å². The largest absolute Gasteiger partial charge is 0.544 e. The van der Waals surface area contributed by atoms with Crippen LogP contribution in [0.15, 0.2) is 18.2 Å². The Morgan fingerprint density at radius 3 is 2.55 bits per heavy atom. The monoisotopic (exact) mass is 306 g/mol. The van der Waals surface area contributed by atoms with Crippen LogP contribution in [0.25, 0.3) is 0 Å². The van der Waals surface area contributed by atoms with Crippen LogP contribution in [-0.4, -0.2) is 44.1 Å². The maximum absolute atomic E-state index is 12.1. The van der Waals surface area contributed by atoms with Crippen molar-refractivity contribution in [2.45, 2.75) is 26.3 Å². The molecule has 1 fully saturated rings. The van der Waals surface area contributed by atoms with Gasteiger partial charge in [0.1, 0.15) is 32.2 Å². The molecule has 22 heavy (non-hydrogen) atoms. The molecule has 0 radical (unpaired) electrons. The van der Waals surface area contributed by atoms with E-state index in [2.05, 4.69) is 10.6 Å². The molecule has 1 aliphatic heterocycles. The Morgan fingerprint density at radius 2 is 1.95 bits per heavy atom. The van der Waals surface area contributed by atoms with Gasteiger partial charge in [0.15, 0.2) is 0 Å². The molecule has 1 heterocycles. The second kappa shape index (κ2) is 7.38. The van der Waals surface area contributed by atoms with E-state index >= 15 is 0 Å². The summed E-state index contributed by atoms with van der Waals surface area (Å²) in [7, 11) is 0. The summed E-state index contributed by atoms with van der Waals surface area (Å²) >= 11 is 0. The molecule has 0 aliphatic carbocycles. The van der Waals surface area contributed by atoms with Crippen molar-refractivity contribution in [3.8, 4) is 0 Å². The number of nitrogens with one attached hydrogen (secondary N) is 2. The summed E-state index contributed by atoms with van der Waals surface area (Å²) in [4.78, 5) is 24.4. The lowest BCUT2D eigenvalue weighted by molar-refractivity contribution is -0.961. The van der Waals surface area contributed by atoms with Gasteiger partial charge < -0.3 is 25.4 Å². The molecule has 1 saturated heterocycles. The number of hydrogen-bond donors (Lipinski definition) is 3. The molecule has 0 aromatic heterocycles. The molecular formula is C16H24N3O3+. The van der Waals surface area contributed by atoms with E-state index in [9.17, 15) is 14.7 Å². The van der Waals surface area contributed by atoms with Crippen LogP contribution in [0, 0.1) is 13.8 Å². The maximum atomic E-state index is 12.1. The summed E-state index contributed by atoms with van der Waals surface area (Å²) in [6.45, 7) is 7.24. The van der Waals surface area contributed by atoms with Crippen molar-refractivity contribution in [2.75, 3.05) is 31.5 Å². The molecular weight excluding hydrogens is 282 g/mol. The Balaban J connectivity index is 1.98. The zero-order valence-electron chi connectivity index (χ0n) is 13.1. The van der Waals surface area contributed by atoms with Crippen LogP contribution >= 0.6 is 0 Å². The van der Waals surface area contributed by atoms with Gasteiger partial charge >= 0.3 is 0 Å². The molecule has 0 spiro atoms. The lowest BCUT2D eigenvalue weighted by atomic mass is 10.1. The number of nitrogens with two attached hydrogens (primary N) is 1. The minimum atomic E-state index is -1.15. The van der Waals surface area contributed by atoms with Crippen LogP contribution < -0.4 is 20.6 Å². The van der Waals surface area contributed by atoms with E-state index in [-0.39, 0.29) is 12.3 Å². The normalized spacial score (nSPS) is 17.0. The van der Waals surface area contributed by atoms with Crippen molar-refractivity contribution in [2.24, 2.45) is 0 Å². The molecule has 1 aliphatic rings. The number of carboxylic acids is 1. The highest BCUT2D eigenvalue weighted by molar-refractivity contribution is 5.93. The number of benzene rings is 1. The molecule has 1 aromatic rings. The molecule has 2 rings (SSSR count). The topological polar surface area (TPSA) is 90.3 Å². The predicted octanol–water partition coefficient (Wildman–Crippen LogP) is -2.79. The number of piperazine rings is 1. The van der Waals surface area contributed by atoms with Crippen LogP contribution in [0.5, 0.6) is 0 Å². The van der Waals surface area contributed by atoms with Crippen LogP contribution in [0.4, 0.5) is 5.69 Å². The number of rotatable bonds is 5. The summed E-state index contributed by atoms with van der Waals surface area (Å²) in [5.41, 5.74) is 2.94. The van der Waals surface area contributed by atoms with Crippen molar-refractivity contribution < 1.29 is 24.9 Å². The third-order valence-corrected chi connectivity index (χ3v) is 4.30. The van der Waals surface area contributed by atoms with Crippen molar-refractivity contribution in [1.82, 2.24) is 0 Å². The second-order valence-corrected chi connectivity index (χ2v) is 5.95.